The van der Waals surface area contributed by atoms with E-state index in [-0.39, 0.29) is 23.0 Å². The first-order chi connectivity index (χ1) is 13.5. The number of benzene rings is 4. The predicted molar refractivity (Wildman–Crippen MR) is 109 cm³/mol. The van der Waals surface area contributed by atoms with E-state index in [0.717, 1.165) is 27.6 Å². The second kappa shape index (κ2) is 7.16. The maximum atomic E-state index is 10.6. The number of rotatable bonds is 4. The number of aromatic hydroxyl groups is 4. The number of hydrogen-bond acceptors (Lipinski definition) is 4. The van der Waals surface area contributed by atoms with Gasteiger partial charge in [0.25, 0.3) is 0 Å². The van der Waals surface area contributed by atoms with Gasteiger partial charge in [-0.3, -0.25) is 0 Å². The third-order valence-corrected chi connectivity index (χ3v) is 4.98. The van der Waals surface area contributed by atoms with Crippen molar-refractivity contribution in [1.29, 1.82) is 0 Å². The Hall–Kier alpha value is -3.66. The first kappa shape index (κ1) is 17.7. The highest BCUT2D eigenvalue weighted by Crippen LogP contribution is 2.37. The molecule has 28 heavy (non-hydrogen) atoms. The highest BCUT2D eigenvalue weighted by Gasteiger charge is 2.15. The van der Waals surface area contributed by atoms with Crippen LogP contribution in [0.1, 0.15) is 22.3 Å². The zero-order chi connectivity index (χ0) is 19.7. The molecule has 0 radical (unpaired) electrons. The second-order valence-corrected chi connectivity index (χ2v) is 6.92. The predicted octanol–water partition coefficient (Wildman–Crippen LogP) is 4.84. The molecule has 4 rings (SSSR count). The largest absolute Gasteiger partial charge is 0.508 e. The summed E-state index contributed by atoms with van der Waals surface area (Å²) >= 11 is 0. The van der Waals surface area contributed by atoms with Gasteiger partial charge in [-0.15, -0.1) is 0 Å². The number of hydrogen-bond donors (Lipinski definition) is 4. The molecule has 0 spiro atoms. The molecule has 0 amide bonds. The van der Waals surface area contributed by atoms with Gasteiger partial charge in [-0.1, -0.05) is 30.3 Å². The zero-order valence-corrected chi connectivity index (χ0v) is 15.1. The summed E-state index contributed by atoms with van der Waals surface area (Å²) in [7, 11) is 0. The van der Waals surface area contributed by atoms with Crippen LogP contribution < -0.4 is 0 Å². The smallest absolute Gasteiger partial charge is 0.123 e. The summed E-state index contributed by atoms with van der Waals surface area (Å²) in [6.07, 6.45) is 1.07. The fraction of sp³-hybridized carbons (Fsp3) is 0.0833. The molecule has 4 heteroatoms. The fourth-order valence-electron chi connectivity index (χ4n) is 3.55. The Morgan fingerprint density at radius 3 is 1.64 bits per heavy atom. The van der Waals surface area contributed by atoms with E-state index in [1.807, 2.05) is 30.3 Å². The van der Waals surface area contributed by atoms with E-state index in [9.17, 15) is 20.4 Å². The molecule has 4 aromatic rings. The number of fused-ring (bicyclic) bond motifs is 1. The van der Waals surface area contributed by atoms with Crippen molar-refractivity contribution in [2.45, 2.75) is 12.8 Å². The van der Waals surface area contributed by atoms with Crippen LogP contribution in [0.3, 0.4) is 0 Å². The molecule has 0 bridgehead atoms. The summed E-state index contributed by atoms with van der Waals surface area (Å²) in [5, 5.41) is 41.5. The molecule has 0 atom stereocenters. The van der Waals surface area contributed by atoms with Crippen molar-refractivity contribution in [3.8, 4) is 23.0 Å². The van der Waals surface area contributed by atoms with Gasteiger partial charge in [-0.25, -0.2) is 0 Å². The van der Waals surface area contributed by atoms with Gasteiger partial charge in [0, 0.05) is 17.4 Å². The van der Waals surface area contributed by atoms with Gasteiger partial charge >= 0.3 is 0 Å². The van der Waals surface area contributed by atoms with E-state index in [4.69, 9.17) is 0 Å². The molecule has 0 unspecified atom stereocenters. The van der Waals surface area contributed by atoms with Crippen molar-refractivity contribution in [1.82, 2.24) is 0 Å². The first-order valence-corrected chi connectivity index (χ1v) is 9.02. The molecule has 0 saturated heterocycles. The van der Waals surface area contributed by atoms with E-state index < -0.39 is 0 Å². The molecule has 0 fully saturated rings. The van der Waals surface area contributed by atoms with Crippen molar-refractivity contribution in [3.05, 3.63) is 95.1 Å². The lowest BCUT2D eigenvalue weighted by atomic mass is 9.91. The van der Waals surface area contributed by atoms with Crippen molar-refractivity contribution in [3.63, 3.8) is 0 Å². The van der Waals surface area contributed by atoms with Crippen LogP contribution >= 0.6 is 0 Å². The summed E-state index contributed by atoms with van der Waals surface area (Å²) in [5.41, 5.74) is 3.67. The minimum Gasteiger partial charge on any atom is -0.508 e. The van der Waals surface area contributed by atoms with Crippen molar-refractivity contribution in [2.75, 3.05) is 0 Å². The van der Waals surface area contributed by atoms with E-state index in [1.165, 1.54) is 0 Å². The highest BCUT2D eigenvalue weighted by atomic mass is 16.3. The lowest BCUT2D eigenvalue weighted by Crippen LogP contribution is -1.97. The SMILES string of the molecule is Oc1ccc(Cc2ccc(O)c3ccc(O)c(Cc4ccc(O)cc4)c23)cc1. The maximum Gasteiger partial charge on any atom is 0.123 e. The Balaban J connectivity index is 1.85. The van der Waals surface area contributed by atoms with Gasteiger partial charge in [0.2, 0.25) is 0 Å². The third kappa shape index (κ3) is 3.45. The van der Waals surface area contributed by atoms with Gasteiger partial charge in [0.15, 0.2) is 0 Å². The van der Waals surface area contributed by atoms with Gasteiger partial charge < -0.3 is 20.4 Å². The summed E-state index contributed by atoms with van der Waals surface area (Å²) in [4.78, 5) is 0. The molecule has 0 saturated carbocycles. The monoisotopic (exact) mass is 372 g/mol. The molecule has 0 aliphatic heterocycles. The van der Waals surface area contributed by atoms with Crippen LogP contribution in [0.2, 0.25) is 0 Å². The Kier molecular flexibility index (Phi) is 4.53. The van der Waals surface area contributed by atoms with Crippen molar-refractivity contribution >= 4 is 10.8 Å². The molecule has 0 aromatic heterocycles. The van der Waals surface area contributed by atoms with Gasteiger partial charge in [0.1, 0.15) is 23.0 Å². The molecular weight excluding hydrogens is 352 g/mol. The Morgan fingerprint density at radius 1 is 0.500 bits per heavy atom. The average Bonchev–Trinajstić information content (AvgIpc) is 2.69. The van der Waals surface area contributed by atoms with Crippen molar-refractivity contribution in [2.24, 2.45) is 0 Å². The average molecular weight is 372 g/mol. The molecule has 0 aliphatic rings. The van der Waals surface area contributed by atoms with E-state index >= 15 is 0 Å². The highest BCUT2D eigenvalue weighted by molar-refractivity contribution is 5.95. The van der Waals surface area contributed by atoms with E-state index in [2.05, 4.69) is 0 Å². The van der Waals surface area contributed by atoms with Gasteiger partial charge in [0.05, 0.1) is 0 Å². The Labute approximate surface area is 162 Å². The standard InChI is InChI=1S/C24H20O4/c25-18-6-1-15(2-7-18)13-17-5-11-22(27)20-10-12-23(28)21(24(17)20)14-16-3-8-19(26)9-4-16/h1-12,25-28H,13-14H2. The minimum absolute atomic E-state index is 0.163. The van der Waals surface area contributed by atoms with Crippen LogP contribution in [0.5, 0.6) is 23.0 Å². The number of phenols is 4. The normalized spacial score (nSPS) is 11.0. The molecule has 4 N–H and O–H groups in total. The zero-order valence-electron chi connectivity index (χ0n) is 15.1. The van der Waals surface area contributed by atoms with E-state index in [1.54, 1.807) is 42.5 Å². The van der Waals surface area contributed by atoms with Crippen molar-refractivity contribution < 1.29 is 20.4 Å². The summed E-state index contributed by atoms with van der Waals surface area (Å²) in [6, 6.07) is 20.7. The molecular formula is C24H20O4. The first-order valence-electron chi connectivity index (χ1n) is 9.02. The quantitative estimate of drug-likeness (QED) is 0.413. The summed E-state index contributed by atoms with van der Waals surface area (Å²) in [5.74, 6) is 0.732. The fourth-order valence-corrected chi connectivity index (χ4v) is 3.55. The Morgan fingerprint density at radius 2 is 1.04 bits per heavy atom. The van der Waals surface area contributed by atoms with Crippen LogP contribution in [-0.2, 0) is 12.8 Å². The topological polar surface area (TPSA) is 80.9 Å². The molecule has 0 heterocycles. The third-order valence-electron chi connectivity index (χ3n) is 4.98. The number of phenolic OH excluding ortho intramolecular Hbond substituents is 4. The van der Waals surface area contributed by atoms with Gasteiger partial charge in [-0.2, -0.15) is 0 Å². The molecule has 4 aromatic carbocycles. The summed E-state index contributed by atoms with van der Waals surface area (Å²) in [6.45, 7) is 0. The van der Waals surface area contributed by atoms with Crippen LogP contribution in [0, 0.1) is 0 Å². The lowest BCUT2D eigenvalue weighted by molar-refractivity contribution is 0.469. The maximum absolute atomic E-state index is 10.6. The summed E-state index contributed by atoms with van der Waals surface area (Å²) < 4.78 is 0. The van der Waals surface area contributed by atoms with Crippen LogP contribution in [0.25, 0.3) is 10.8 Å². The second-order valence-electron chi connectivity index (χ2n) is 6.92. The minimum atomic E-state index is 0.163. The molecule has 0 aliphatic carbocycles. The van der Waals surface area contributed by atoms with E-state index in [0.29, 0.717) is 18.2 Å². The van der Waals surface area contributed by atoms with Gasteiger partial charge in [-0.05, 0) is 71.0 Å². The van der Waals surface area contributed by atoms with Crippen LogP contribution in [-0.4, -0.2) is 20.4 Å². The molecule has 4 nitrogen and oxygen atoms in total. The van der Waals surface area contributed by atoms with Crippen LogP contribution in [0.4, 0.5) is 0 Å². The lowest BCUT2D eigenvalue weighted by Gasteiger charge is -2.15. The molecule has 140 valence electrons. The Bertz CT molecular complexity index is 1130. The van der Waals surface area contributed by atoms with Crippen LogP contribution in [0.15, 0.2) is 72.8 Å².